The number of carbonyl (C=O) groups is 1. The largest absolute Gasteiger partial charge is 0.383 e. The van der Waals surface area contributed by atoms with Gasteiger partial charge in [0.2, 0.25) is 0 Å². The zero-order chi connectivity index (χ0) is 23.5. The lowest BCUT2D eigenvalue weighted by Gasteiger charge is -2.05. The lowest BCUT2D eigenvalue weighted by molar-refractivity contribution is 0.0956. The van der Waals surface area contributed by atoms with E-state index in [9.17, 15) is 4.79 Å². The van der Waals surface area contributed by atoms with E-state index in [1.54, 1.807) is 18.3 Å². The molecule has 5 rings (SSSR count). The van der Waals surface area contributed by atoms with Gasteiger partial charge in [-0.15, -0.1) is 0 Å². The molecule has 0 bridgehead atoms. The van der Waals surface area contributed by atoms with Crippen LogP contribution < -0.4 is 11.1 Å². The van der Waals surface area contributed by atoms with Gasteiger partial charge in [-0.3, -0.25) is 4.79 Å². The minimum atomic E-state index is -0.320. The summed E-state index contributed by atoms with van der Waals surface area (Å²) in [6, 6.07) is 24.7. The Hall–Kier alpha value is -4.23. The second-order valence-electron chi connectivity index (χ2n) is 7.75. The molecule has 0 aliphatic rings. The van der Waals surface area contributed by atoms with Crippen molar-refractivity contribution in [1.29, 1.82) is 0 Å². The first-order valence-corrected chi connectivity index (χ1v) is 11.2. The third-order valence-electron chi connectivity index (χ3n) is 5.41. The number of anilines is 1. The van der Waals surface area contributed by atoms with Crippen LogP contribution in [0.3, 0.4) is 0 Å². The smallest absolute Gasteiger partial charge is 0.257 e. The number of halogens is 1. The van der Waals surface area contributed by atoms with Crippen LogP contribution in [0.2, 0.25) is 5.02 Å². The normalized spacial score (nSPS) is 11.4. The zero-order valence-electron chi connectivity index (χ0n) is 18.1. The molecule has 168 valence electrons. The molecule has 0 radical (unpaired) electrons. The van der Waals surface area contributed by atoms with Crippen molar-refractivity contribution in [2.45, 2.75) is 6.42 Å². The minimum Gasteiger partial charge on any atom is -0.383 e. The van der Waals surface area contributed by atoms with E-state index in [0.717, 1.165) is 11.1 Å². The molecule has 1 amide bonds. The van der Waals surface area contributed by atoms with E-state index >= 15 is 0 Å². The highest BCUT2D eigenvalue weighted by molar-refractivity contribution is 6.30. The summed E-state index contributed by atoms with van der Waals surface area (Å²) in [4.78, 5) is 22.6. The van der Waals surface area contributed by atoms with Crippen molar-refractivity contribution in [3.63, 3.8) is 0 Å². The van der Waals surface area contributed by atoms with Crippen LogP contribution in [0, 0.1) is 0 Å². The van der Waals surface area contributed by atoms with Crippen LogP contribution in [-0.4, -0.2) is 33.3 Å². The average molecular weight is 469 g/mol. The van der Waals surface area contributed by atoms with Gasteiger partial charge in [0.15, 0.2) is 5.65 Å². The third kappa shape index (κ3) is 4.33. The van der Waals surface area contributed by atoms with E-state index in [4.69, 9.17) is 27.3 Å². The number of hydrogen-bond donors (Lipinski definition) is 2. The highest BCUT2D eigenvalue weighted by Crippen LogP contribution is 2.28. The Morgan fingerprint density at radius 3 is 2.50 bits per heavy atom. The summed E-state index contributed by atoms with van der Waals surface area (Å²) >= 11 is 6.09. The Morgan fingerprint density at radius 2 is 1.74 bits per heavy atom. The van der Waals surface area contributed by atoms with Gasteiger partial charge >= 0.3 is 0 Å². The summed E-state index contributed by atoms with van der Waals surface area (Å²) in [6.07, 6.45) is 2.32. The van der Waals surface area contributed by atoms with E-state index in [2.05, 4.69) is 10.4 Å². The van der Waals surface area contributed by atoms with Gasteiger partial charge in [0.25, 0.3) is 5.91 Å². The van der Waals surface area contributed by atoms with Gasteiger partial charge in [-0.2, -0.15) is 9.78 Å². The quantitative estimate of drug-likeness (QED) is 0.353. The van der Waals surface area contributed by atoms with Crippen molar-refractivity contribution < 1.29 is 4.79 Å². The lowest BCUT2D eigenvalue weighted by Crippen LogP contribution is -2.26. The standard InChI is InChI=1S/C26H21ClN6O/c27-19-10-6-9-18(15-19)16-30-33-24(28)22(26(34)29-14-13-17-7-2-1-3-8-17)23-25(33)32-21-12-5-4-11-20(21)31-23/h1-12,15-16H,13-14,28H2,(H,29,34). The Morgan fingerprint density at radius 1 is 1.00 bits per heavy atom. The number of benzene rings is 3. The zero-order valence-corrected chi connectivity index (χ0v) is 18.9. The van der Waals surface area contributed by atoms with Crippen LogP contribution in [0.1, 0.15) is 21.5 Å². The fourth-order valence-corrected chi connectivity index (χ4v) is 3.95. The monoisotopic (exact) mass is 468 g/mol. The molecule has 2 heterocycles. The van der Waals surface area contributed by atoms with Crippen molar-refractivity contribution in [1.82, 2.24) is 20.0 Å². The van der Waals surface area contributed by atoms with Gasteiger partial charge < -0.3 is 11.1 Å². The number of nitrogens with two attached hydrogens (primary N) is 1. The van der Waals surface area contributed by atoms with Crippen molar-refractivity contribution in [2.24, 2.45) is 5.10 Å². The summed E-state index contributed by atoms with van der Waals surface area (Å²) < 4.78 is 1.45. The summed E-state index contributed by atoms with van der Waals surface area (Å²) in [5, 5.41) is 8.06. The van der Waals surface area contributed by atoms with Gasteiger partial charge in [0.05, 0.1) is 17.2 Å². The first-order valence-electron chi connectivity index (χ1n) is 10.8. The molecule has 3 aromatic carbocycles. The molecule has 0 spiro atoms. The summed E-state index contributed by atoms with van der Waals surface area (Å²) in [6.45, 7) is 0.460. The van der Waals surface area contributed by atoms with Crippen molar-refractivity contribution in [3.8, 4) is 0 Å². The van der Waals surface area contributed by atoms with Crippen molar-refractivity contribution in [3.05, 3.63) is 101 Å². The Labute approximate surface area is 200 Å². The molecule has 8 heteroatoms. The summed E-state index contributed by atoms with van der Waals surface area (Å²) in [5.41, 5.74) is 10.8. The number of nitrogens with one attached hydrogen (secondary N) is 1. The molecule has 0 aliphatic heterocycles. The second kappa shape index (κ2) is 9.33. The number of para-hydroxylation sites is 2. The molecule has 7 nitrogen and oxygen atoms in total. The molecule has 34 heavy (non-hydrogen) atoms. The molecular formula is C26H21ClN6O. The van der Waals surface area contributed by atoms with Gasteiger partial charge in [-0.25, -0.2) is 9.97 Å². The number of fused-ring (bicyclic) bond motifs is 2. The fourth-order valence-electron chi connectivity index (χ4n) is 3.75. The molecule has 0 saturated carbocycles. The molecule has 0 saturated heterocycles. The van der Waals surface area contributed by atoms with Gasteiger partial charge in [-0.05, 0) is 41.8 Å². The van der Waals surface area contributed by atoms with Crippen LogP contribution in [0.5, 0.6) is 0 Å². The van der Waals surface area contributed by atoms with E-state index in [-0.39, 0.29) is 17.3 Å². The maximum absolute atomic E-state index is 13.2. The number of nitrogen functional groups attached to an aromatic ring is 1. The van der Waals surface area contributed by atoms with Crippen molar-refractivity contribution in [2.75, 3.05) is 12.3 Å². The van der Waals surface area contributed by atoms with Crippen LogP contribution in [0.4, 0.5) is 5.82 Å². The maximum atomic E-state index is 13.2. The molecule has 0 unspecified atom stereocenters. The van der Waals surface area contributed by atoms with Gasteiger partial charge in [-0.1, -0.05) is 66.2 Å². The molecule has 0 aliphatic carbocycles. The maximum Gasteiger partial charge on any atom is 0.257 e. The van der Waals surface area contributed by atoms with Gasteiger partial charge in [0.1, 0.15) is 16.9 Å². The predicted molar refractivity (Wildman–Crippen MR) is 136 cm³/mol. The molecule has 2 aromatic heterocycles. The van der Waals surface area contributed by atoms with Crippen LogP contribution in [-0.2, 0) is 6.42 Å². The molecule has 3 N–H and O–H groups in total. The lowest BCUT2D eigenvalue weighted by atomic mass is 10.1. The Kier molecular flexibility index (Phi) is 5.93. The van der Waals surface area contributed by atoms with Crippen LogP contribution >= 0.6 is 11.6 Å². The van der Waals surface area contributed by atoms with Crippen molar-refractivity contribution >= 4 is 51.7 Å². The van der Waals surface area contributed by atoms with E-state index < -0.39 is 0 Å². The number of aromatic nitrogens is 3. The SMILES string of the molecule is Nc1c(C(=O)NCCc2ccccc2)c2nc3ccccc3nc2n1N=Cc1cccc(Cl)c1. The number of nitrogens with zero attached hydrogens (tertiary/aromatic N) is 4. The number of carbonyl (C=O) groups excluding carboxylic acids is 1. The number of rotatable bonds is 6. The number of hydrogen-bond acceptors (Lipinski definition) is 5. The van der Waals surface area contributed by atoms with E-state index in [1.807, 2.05) is 66.7 Å². The summed E-state index contributed by atoms with van der Waals surface area (Å²) in [5.74, 6) is -0.152. The topological polar surface area (TPSA) is 98.2 Å². The number of amides is 1. The Balaban J connectivity index is 1.54. The minimum absolute atomic E-state index is 0.167. The van der Waals surface area contributed by atoms with Gasteiger partial charge in [0, 0.05) is 11.6 Å². The first-order chi connectivity index (χ1) is 16.6. The summed E-state index contributed by atoms with van der Waals surface area (Å²) in [7, 11) is 0. The van der Waals surface area contributed by atoms with Crippen LogP contribution in [0.25, 0.3) is 22.2 Å². The fraction of sp³-hybridized carbons (Fsp3) is 0.0769. The highest BCUT2D eigenvalue weighted by Gasteiger charge is 2.23. The Bertz CT molecular complexity index is 1530. The molecule has 5 aromatic rings. The molecule has 0 fully saturated rings. The van der Waals surface area contributed by atoms with Crippen LogP contribution in [0.15, 0.2) is 84.0 Å². The van der Waals surface area contributed by atoms with E-state index in [0.29, 0.717) is 40.2 Å². The average Bonchev–Trinajstić information content (AvgIpc) is 3.12. The van der Waals surface area contributed by atoms with E-state index in [1.165, 1.54) is 4.68 Å². The third-order valence-corrected chi connectivity index (χ3v) is 5.65. The molecule has 0 atom stereocenters. The first kappa shape index (κ1) is 21.6. The molecular weight excluding hydrogens is 448 g/mol. The second-order valence-corrected chi connectivity index (χ2v) is 8.18. The predicted octanol–water partition coefficient (Wildman–Crippen LogP) is 4.67. The highest BCUT2D eigenvalue weighted by atomic mass is 35.5.